The molecule has 4 atom stereocenters. The van der Waals surface area contributed by atoms with Crippen molar-refractivity contribution in [3.05, 3.63) is 95.0 Å². The molecular weight excluding hydrogens is 667 g/mol. The Kier molecular flexibility index (Phi) is 9.84. The Hall–Kier alpha value is -4.07. The van der Waals surface area contributed by atoms with Crippen molar-refractivity contribution >= 4 is 46.6 Å². The van der Waals surface area contributed by atoms with Gasteiger partial charge in [0.25, 0.3) is 0 Å². The van der Waals surface area contributed by atoms with E-state index in [-0.39, 0.29) is 18.7 Å². The molecule has 14 heteroatoms. The number of rotatable bonds is 11. The van der Waals surface area contributed by atoms with Crippen molar-refractivity contribution in [1.82, 2.24) is 19.8 Å². The molecule has 0 aliphatic carbocycles. The third-order valence-electron chi connectivity index (χ3n) is 9.31. The monoisotopic (exact) mass is 706 g/mol. The SMILES string of the molecule is CC[C@H](C)N1N=CN(c2ccc(N3CCN(c4ccc(OC[C@@H]5CO[C@@](Cn6cncn6)(c6ccc(Cl)cc6Cl)O5)cc4)CC3)cc2)[C@H]1O. The van der Waals surface area contributed by atoms with Gasteiger partial charge in [0.1, 0.15) is 44.0 Å². The molecule has 7 rings (SSSR count). The largest absolute Gasteiger partial charge is 0.491 e. The third kappa shape index (κ3) is 7.15. The molecule has 0 amide bonds. The molecule has 0 bridgehead atoms. The molecule has 2 saturated heterocycles. The van der Waals surface area contributed by atoms with Crippen molar-refractivity contribution in [1.29, 1.82) is 0 Å². The molecule has 12 nitrogen and oxygen atoms in total. The van der Waals surface area contributed by atoms with Gasteiger partial charge in [-0.3, -0.25) is 4.90 Å². The van der Waals surface area contributed by atoms with Crippen molar-refractivity contribution in [2.45, 2.75) is 51.1 Å². The number of hydrogen-bond acceptors (Lipinski definition) is 11. The van der Waals surface area contributed by atoms with Crippen LogP contribution in [0.3, 0.4) is 0 Å². The van der Waals surface area contributed by atoms with Crippen molar-refractivity contribution in [3.63, 3.8) is 0 Å². The second kappa shape index (κ2) is 14.4. The molecular formula is C35H40Cl2N8O4. The van der Waals surface area contributed by atoms with E-state index in [0.29, 0.717) is 28.8 Å². The summed E-state index contributed by atoms with van der Waals surface area (Å²) in [4.78, 5) is 10.6. The van der Waals surface area contributed by atoms with Gasteiger partial charge in [0, 0.05) is 59.9 Å². The van der Waals surface area contributed by atoms with E-state index >= 15 is 0 Å². The lowest BCUT2D eigenvalue weighted by Gasteiger charge is -2.37. The maximum Gasteiger partial charge on any atom is 0.228 e. The summed E-state index contributed by atoms with van der Waals surface area (Å²) in [7, 11) is 0. The Morgan fingerprint density at radius 1 is 0.959 bits per heavy atom. The number of aliphatic hydroxyl groups is 1. The molecule has 1 N–H and O–H groups in total. The Balaban J connectivity index is 0.910. The minimum Gasteiger partial charge on any atom is -0.491 e. The van der Waals surface area contributed by atoms with Gasteiger partial charge >= 0.3 is 0 Å². The van der Waals surface area contributed by atoms with Gasteiger partial charge in [0.15, 0.2) is 0 Å². The second-order valence-corrected chi connectivity index (χ2v) is 13.3. The van der Waals surface area contributed by atoms with Crippen LogP contribution in [0.1, 0.15) is 25.8 Å². The summed E-state index contributed by atoms with van der Waals surface area (Å²) < 4.78 is 20.5. The number of hydrazone groups is 1. The highest BCUT2D eigenvalue weighted by atomic mass is 35.5. The number of anilines is 3. The highest BCUT2D eigenvalue weighted by molar-refractivity contribution is 6.35. The third-order valence-corrected chi connectivity index (χ3v) is 9.85. The molecule has 0 unspecified atom stereocenters. The molecule has 258 valence electrons. The molecule has 0 saturated carbocycles. The Labute approximate surface area is 296 Å². The Bertz CT molecular complexity index is 1720. The lowest BCUT2D eigenvalue weighted by molar-refractivity contribution is -0.190. The van der Waals surface area contributed by atoms with Crippen LogP contribution in [-0.2, 0) is 21.8 Å². The standard InChI is InChI=1S/C35H40Cl2N8O4/c1-3-25(2)45-34(46)44(24-40-45)29-7-5-27(6-8-29)41-14-16-42(17-15-41)28-9-11-30(12-10-28)47-19-31-20-48-35(49-31,21-43-23-38-22-39-43)32-13-4-26(36)18-33(32)37/h4-13,18,22-25,31,34,46H,3,14-17,19-21H2,1-2H3/t25-,31+,34+,35+/m0/s1. The minimum absolute atomic E-state index is 0.164. The topological polar surface area (TPSA) is 104 Å². The highest BCUT2D eigenvalue weighted by Crippen LogP contribution is 2.40. The molecule has 4 aromatic rings. The lowest BCUT2D eigenvalue weighted by Crippen LogP contribution is -2.46. The molecule has 0 spiro atoms. The summed E-state index contributed by atoms with van der Waals surface area (Å²) in [5.41, 5.74) is 3.90. The summed E-state index contributed by atoms with van der Waals surface area (Å²) >= 11 is 12.7. The zero-order valence-electron chi connectivity index (χ0n) is 27.5. The average Bonchev–Trinajstić information content (AvgIpc) is 3.88. The molecule has 49 heavy (non-hydrogen) atoms. The predicted molar refractivity (Wildman–Crippen MR) is 190 cm³/mol. The first kappa shape index (κ1) is 33.4. The van der Waals surface area contributed by atoms with Gasteiger partial charge in [0.2, 0.25) is 12.1 Å². The number of halogens is 2. The van der Waals surface area contributed by atoms with Crippen LogP contribution in [0, 0.1) is 0 Å². The molecule has 1 aromatic heterocycles. The van der Waals surface area contributed by atoms with E-state index in [1.165, 1.54) is 12.0 Å². The van der Waals surface area contributed by atoms with Gasteiger partial charge < -0.3 is 29.1 Å². The number of nitrogens with zero attached hydrogens (tertiary/aromatic N) is 8. The smallest absolute Gasteiger partial charge is 0.228 e. The van der Waals surface area contributed by atoms with E-state index < -0.39 is 12.1 Å². The molecule has 2 fully saturated rings. The molecule has 3 aromatic carbocycles. The van der Waals surface area contributed by atoms with E-state index in [9.17, 15) is 5.11 Å². The summed E-state index contributed by atoms with van der Waals surface area (Å²) in [5.74, 6) is -0.401. The average molecular weight is 708 g/mol. The van der Waals surface area contributed by atoms with E-state index in [4.69, 9.17) is 37.4 Å². The van der Waals surface area contributed by atoms with E-state index in [2.05, 4.69) is 63.1 Å². The van der Waals surface area contributed by atoms with Gasteiger partial charge in [-0.15, -0.1) is 0 Å². The van der Waals surface area contributed by atoms with Gasteiger partial charge in [-0.1, -0.05) is 36.2 Å². The number of piperazine rings is 1. The summed E-state index contributed by atoms with van der Waals surface area (Å²) in [5, 5.41) is 22.1. The zero-order chi connectivity index (χ0) is 34.0. The van der Waals surface area contributed by atoms with Crippen molar-refractivity contribution in [2.75, 3.05) is 54.1 Å². The summed E-state index contributed by atoms with van der Waals surface area (Å²) in [6.45, 7) is 8.66. The maximum atomic E-state index is 10.7. The van der Waals surface area contributed by atoms with Crippen LogP contribution in [0.2, 0.25) is 10.0 Å². The van der Waals surface area contributed by atoms with Crippen LogP contribution in [0.5, 0.6) is 5.75 Å². The van der Waals surface area contributed by atoms with E-state index in [1.54, 1.807) is 39.4 Å². The second-order valence-electron chi connectivity index (χ2n) is 12.4. The number of ether oxygens (including phenoxy) is 3. The Morgan fingerprint density at radius 3 is 2.27 bits per heavy atom. The first-order chi connectivity index (χ1) is 23.8. The van der Waals surface area contributed by atoms with Gasteiger partial charge in [-0.2, -0.15) is 10.2 Å². The van der Waals surface area contributed by atoms with Crippen LogP contribution in [-0.4, -0.2) is 89.1 Å². The van der Waals surface area contributed by atoms with E-state index in [1.807, 2.05) is 30.3 Å². The number of benzene rings is 3. The maximum absolute atomic E-state index is 10.7. The van der Waals surface area contributed by atoms with Gasteiger partial charge in [0.05, 0.1) is 11.6 Å². The highest BCUT2D eigenvalue weighted by Gasteiger charge is 2.45. The summed E-state index contributed by atoms with van der Waals surface area (Å²) in [6.07, 6.45) is 4.57. The lowest BCUT2D eigenvalue weighted by atomic mass is 10.1. The van der Waals surface area contributed by atoms with Crippen LogP contribution < -0.4 is 19.4 Å². The van der Waals surface area contributed by atoms with Crippen LogP contribution in [0.15, 0.2) is 84.5 Å². The molecule has 0 radical (unpaired) electrons. The minimum atomic E-state index is -1.16. The van der Waals surface area contributed by atoms with Crippen LogP contribution in [0.4, 0.5) is 17.1 Å². The molecule has 3 aliphatic heterocycles. The number of aliphatic hydroxyl groups excluding tert-OH is 1. The van der Waals surface area contributed by atoms with Crippen LogP contribution >= 0.6 is 23.2 Å². The fourth-order valence-corrected chi connectivity index (χ4v) is 6.93. The summed E-state index contributed by atoms with van der Waals surface area (Å²) in [6, 6.07) is 21.9. The number of hydrogen-bond donors (Lipinski definition) is 1. The first-order valence-electron chi connectivity index (χ1n) is 16.5. The van der Waals surface area contributed by atoms with Crippen molar-refractivity contribution in [3.8, 4) is 5.75 Å². The zero-order valence-corrected chi connectivity index (χ0v) is 29.0. The molecule has 3 aliphatic rings. The number of aromatic nitrogens is 3. The van der Waals surface area contributed by atoms with Crippen molar-refractivity contribution in [2.24, 2.45) is 5.10 Å². The fourth-order valence-electron chi connectivity index (χ4n) is 6.37. The predicted octanol–water partition coefficient (Wildman–Crippen LogP) is 5.40. The Morgan fingerprint density at radius 2 is 1.63 bits per heavy atom. The van der Waals surface area contributed by atoms with Gasteiger partial charge in [-0.05, 0) is 74.0 Å². The first-order valence-corrected chi connectivity index (χ1v) is 17.3. The van der Waals surface area contributed by atoms with E-state index in [0.717, 1.165) is 49.7 Å². The normalized spacial score (nSPS) is 23.0. The van der Waals surface area contributed by atoms with Crippen molar-refractivity contribution < 1.29 is 19.3 Å². The quantitative estimate of drug-likeness (QED) is 0.218. The van der Waals surface area contributed by atoms with Crippen LogP contribution in [0.25, 0.3) is 0 Å². The van der Waals surface area contributed by atoms with Gasteiger partial charge in [-0.25, -0.2) is 14.7 Å². The fraction of sp³-hybridized carbons (Fsp3) is 0.400. The molecule has 4 heterocycles.